The molecule has 0 N–H and O–H groups in total. The van der Waals surface area contributed by atoms with E-state index < -0.39 is 4.92 Å². The predicted octanol–water partition coefficient (Wildman–Crippen LogP) is 3.69. The standard InChI is InChI=1S/C10H6N4O2/c11-13-12-9-5-1-4-8-7(9)3-2-6-10(8)14(15)16/h1-6H. The molecule has 2 aromatic carbocycles. The fourth-order valence-electron chi connectivity index (χ4n) is 1.57. The van der Waals surface area contributed by atoms with Crippen LogP contribution in [0.5, 0.6) is 0 Å². The number of fused-ring (bicyclic) bond motifs is 1. The molecule has 0 radical (unpaired) electrons. The number of hydrogen-bond donors (Lipinski definition) is 0. The molecule has 0 saturated heterocycles. The second kappa shape index (κ2) is 3.88. The molecule has 0 saturated carbocycles. The van der Waals surface area contributed by atoms with Crippen LogP contribution in [0.2, 0.25) is 0 Å². The summed E-state index contributed by atoms with van der Waals surface area (Å²) < 4.78 is 0. The fraction of sp³-hybridized carbons (Fsp3) is 0. The van der Waals surface area contributed by atoms with Gasteiger partial charge in [0, 0.05) is 16.7 Å². The van der Waals surface area contributed by atoms with Crippen LogP contribution in [-0.4, -0.2) is 4.92 Å². The SMILES string of the molecule is [N-]=[N+]=Nc1cccc2c([N+](=O)[O-])cccc12. The second-order valence-electron chi connectivity index (χ2n) is 3.10. The third-order valence-electron chi connectivity index (χ3n) is 2.23. The van der Waals surface area contributed by atoms with E-state index in [-0.39, 0.29) is 5.69 Å². The van der Waals surface area contributed by atoms with Crippen LogP contribution in [0.15, 0.2) is 41.5 Å². The quantitative estimate of drug-likeness (QED) is 0.250. The first-order chi connectivity index (χ1) is 7.74. The molecule has 0 bridgehead atoms. The number of nitrogens with zero attached hydrogens (tertiary/aromatic N) is 4. The van der Waals surface area contributed by atoms with Gasteiger partial charge in [0.1, 0.15) is 0 Å². The molecule has 0 unspecified atom stereocenters. The summed E-state index contributed by atoms with van der Waals surface area (Å²) >= 11 is 0. The van der Waals surface area contributed by atoms with Gasteiger partial charge in [0.05, 0.1) is 10.3 Å². The Kier molecular flexibility index (Phi) is 2.41. The highest BCUT2D eigenvalue weighted by Crippen LogP contribution is 2.31. The van der Waals surface area contributed by atoms with E-state index in [0.29, 0.717) is 16.5 Å². The minimum atomic E-state index is -0.456. The van der Waals surface area contributed by atoms with Gasteiger partial charge in [-0.1, -0.05) is 29.4 Å². The maximum absolute atomic E-state index is 10.8. The Morgan fingerprint density at radius 3 is 2.56 bits per heavy atom. The van der Waals surface area contributed by atoms with Gasteiger partial charge in [0.25, 0.3) is 5.69 Å². The smallest absolute Gasteiger partial charge is 0.258 e. The first kappa shape index (κ1) is 9.95. The molecule has 2 rings (SSSR count). The largest absolute Gasteiger partial charge is 0.277 e. The highest BCUT2D eigenvalue weighted by Gasteiger charge is 2.11. The van der Waals surface area contributed by atoms with Gasteiger partial charge >= 0.3 is 0 Å². The molecule has 0 aliphatic heterocycles. The van der Waals surface area contributed by atoms with Crippen LogP contribution in [0.1, 0.15) is 0 Å². The molecule has 6 nitrogen and oxygen atoms in total. The molecule has 0 aromatic heterocycles. The number of nitro benzene ring substituents is 1. The number of hydrogen-bond acceptors (Lipinski definition) is 3. The van der Waals surface area contributed by atoms with E-state index in [2.05, 4.69) is 10.0 Å². The lowest BCUT2D eigenvalue weighted by Gasteiger charge is -2.01. The summed E-state index contributed by atoms with van der Waals surface area (Å²) in [6.45, 7) is 0. The Labute approximate surface area is 89.9 Å². The molecule has 0 aliphatic rings. The number of benzene rings is 2. The summed E-state index contributed by atoms with van der Waals surface area (Å²) in [4.78, 5) is 13.0. The van der Waals surface area contributed by atoms with Crippen molar-refractivity contribution in [3.8, 4) is 0 Å². The van der Waals surface area contributed by atoms with Crippen molar-refractivity contribution < 1.29 is 4.92 Å². The van der Waals surface area contributed by atoms with E-state index in [0.717, 1.165) is 0 Å². The summed E-state index contributed by atoms with van der Waals surface area (Å²) in [5, 5.41) is 15.3. The van der Waals surface area contributed by atoms with E-state index in [9.17, 15) is 10.1 Å². The number of rotatable bonds is 2. The Morgan fingerprint density at radius 2 is 1.88 bits per heavy atom. The van der Waals surface area contributed by atoms with E-state index in [1.807, 2.05) is 0 Å². The van der Waals surface area contributed by atoms with Crippen molar-refractivity contribution in [3.05, 3.63) is 57.0 Å². The van der Waals surface area contributed by atoms with Crippen molar-refractivity contribution in [1.82, 2.24) is 0 Å². The molecule has 6 heteroatoms. The zero-order valence-electron chi connectivity index (χ0n) is 8.07. The van der Waals surface area contributed by atoms with Crippen molar-refractivity contribution in [2.45, 2.75) is 0 Å². The number of nitro groups is 1. The van der Waals surface area contributed by atoms with Crippen molar-refractivity contribution in [2.24, 2.45) is 5.11 Å². The topological polar surface area (TPSA) is 91.9 Å². The monoisotopic (exact) mass is 214 g/mol. The highest BCUT2D eigenvalue weighted by molar-refractivity contribution is 5.98. The van der Waals surface area contributed by atoms with Crippen molar-refractivity contribution in [1.29, 1.82) is 0 Å². The molecule has 0 spiro atoms. The zero-order chi connectivity index (χ0) is 11.5. The van der Waals surface area contributed by atoms with Crippen molar-refractivity contribution in [3.63, 3.8) is 0 Å². The van der Waals surface area contributed by atoms with Gasteiger partial charge in [-0.2, -0.15) is 0 Å². The minimum absolute atomic E-state index is 0.00693. The highest BCUT2D eigenvalue weighted by atomic mass is 16.6. The molecule has 0 amide bonds. The van der Waals surface area contributed by atoms with Crippen LogP contribution < -0.4 is 0 Å². The van der Waals surface area contributed by atoms with Gasteiger partial charge in [-0.3, -0.25) is 10.1 Å². The third-order valence-corrected chi connectivity index (χ3v) is 2.23. The summed E-state index contributed by atoms with van der Waals surface area (Å²) in [7, 11) is 0. The number of non-ortho nitro benzene ring substituents is 1. The number of azide groups is 1. The zero-order valence-corrected chi connectivity index (χ0v) is 8.07. The first-order valence-corrected chi connectivity index (χ1v) is 4.45. The van der Waals surface area contributed by atoms with E-state index in [4.69, 9.17) is 5.53 Å². The maximum atomic E-state index is 10.8. The lowest BCUT2D eigenvalue weighted by Crippen LogP contribution is -1.88. The molecule has 0 fully saturated rings. The lowest BCUT2D eigenvalue weighted by molar-refractivity contribution is -0.383. The molecule has 0 aliphatic carbocycles. The Morgan fingerprint density at radius 1 is 1.19 bits per heavy atom. The van der Waals surface area contributed by atoms with Gasteiger partial charge in [0.15, 0.2) is 0 Å². The molecular weight excluding hydrogens is 208 g/mol. The van der Waals surface area contributed by atoms with Crippen LogP contribution in [0, 0.1) is 10.1 Å². The first-order valence-electron chi connectivity index (χ1n) is 4.45. The summed E-state index contributed by atoms with van der Waals surface area (Å²) in [6.07, 6.45) is 0. The van der Waals surface area contributed by atoms with Crippen molar-refractivity contribution >= 4 is 22.1 Å². The van der Waals surface area contributed by atoms with Gasteiger partial charge in [0.2, 0.25) is 0 Å². The average molecular weight is 214 g/mol. The van der Waals surface area contributed by atoms with Gasteiger partial charge in [-0.15, -0.1) is 0 Å². The van der Waals surface area contributed by atoms with Gasteiger partial charge < -0.3 is 0 Å². The molecular formula is C10H6N4O2. The van der Waals surface area contributed by atoms with Gasteiger partial charge in [-0.25, -0.2) is 0 Å². The maximum Gasteiger partial charge on any atom is 0.277 e. The minimum Gasteiger partial charge on any atom is -0.258 e. The summed E-state index contributed by atoms with van der Waals surface area (Å²) in [5.74, 6) is 0. The van der Waals surface area contributed by atoms with Crippen LogP contribution in [0.4, 0.5) is 11.4 Å². The summed E-state index contributed by atoms with van der Waals surface area (Å²) in [6, 6.07) is 9.54. The molecule has 0 atom stereocenters. The van der Waals surface area contributed by atoms with Crippen LogP contribution in [0.25, 0.3) is 21.2 Å². The van der Waals surface area contributed by atoms with Gasteiger partial charge in [-0.05, 0) is 17.0 Å². The summed E-state index contributed by atoms with van der Waals surface area (Å²) in [5.41, 5.74) is 8.78. The Balaban J connectivity index is 2.86. The molecule has 2 aromatic rings. The fourth-order valence-corrected chi connectivity index (χ4v) is 1.57. The average Bonchev–Trinajstić information content (AvgIpc) is 2.29. The van der Waals surface area contributed by atoms with Crippen LogP contribution in [-0.2, 0) is 0 Å². The lowest BCUT2D eigenvalue weighted by atomic mass is 10.1. The Bertz CT molecular complexity index is 576. The van der Waals surface area contributed by atoms with Crippen LogP contribution in [0.3, 0.4) is 0 Å². The molecule has 16 heavy (non-hydrogen) atoms. The third kappa shape index (κ3) is 1.53. The normalized spacial score (nSPS) is 9.75. The van der Waals surface area contributed by atoms with Crippen molar-refractivity contribution in [2.75, 3.05) is 0 Å². The molecule has 0 heterocycles. The molecule has 78 valence electrons. The van der Waals surface area contributed by atoms with E-state index in [1.165, 1.54) is 6.07 Å². The van der Waals surface area contributed by atoms with Crippen LogP contribution >= 0.6 is 0 Å². The second-order valence-corrected chi connectivity index (χ2v) is 3.10. The Hall–Kier alpha value is -2.59. The van der Waals surface area contributed by atoms with E-state index >= 15 is 0 Å². The predicted molar refractivity (Wildman–Crippen MR) is 59.4 cm³/mol. The van der Waals surface area contributed by atoms with E-state index in [1.54, 1.807) is 30.3 Å².